The van der Waals surface area contributed by atoms with Gasteiger partial charge < -0.3 is 9.64 Å². The number of hydrogen-bond acceptors (Lipinski definition) is 5. The van der Waals surface area contributed by atoms with Gasteiger partial charge in [0.2, 0.25) is 0 Å². The molecule has 1 aromatic carbocycles. The average Bonchev–Trinajstić information content (AvgIpc) is 2.65. The fraction of sp³-hybridized carbons (Fsp3) is 0.542. The van der Waals surface area contributed by atoms with Crippen LogP contribution in [0.3, 0.4) is 0 Å². The quantitative estimate of drug-likeness (QED) is 0.687. The van der Waals surface area contributed by atoms with E-state index in [1.807, 2.05) is 57.1 Å². The second kappa shape index (κ2) is 8.13. The van der Waals surface area contributed by atoms with Crippen molar-refractivity contribution >= 4 is 23.2 Å². The molecule has 5 heteroatoms. The van der Waals surface area contributed by atoms with Crippen molar-refractivity contribution in [1.29, 1.82) is 0 Å². The molecule has 156 valence electrons. The molecular formula is C24H32N2O3. The lowest BCUT2D eigenvalue weighted by Gasteiger charge is -2.39. The minimum Gasteiger partial charge on any atom is -0.465 e. The largest absolute Gasteiger partial charge is 0.465 e. The number of anilines is 1. The van der Waals surface area contributed by atoms with Crippen LogP contribution in [0.2, 0.25) is 0 Å². The highest BCUT2D eigenvalue weighted by Gasteiger charge is 2.46. The number of allylic oxidation sites excluding steroid dienone is 2. The number of carbonyl (C=O) groups excluding carboxylic acids is 2. The highest BCUT2D eigenvalue weighted by molar-refractivity contribution is 6.09. The molecule has 5 nitrogen and oxygen atoms in total. The van der Waals surface area contributed by atoms with E-state index in [1.165, 1.54) is 0 Å². The van der Waals surface area contributed by atoms with Gasteiger partial charge in [0.05, 0.1) is 6.61 Å². The summed E-state index contributed by atoms with van der Waals surface area (Å²) in [5.74, 6) is -1.07. The monoisotopic (exact) mass is 396 g/mol. The van der Waals surface area contributed by atoms with Gasteiger partial charge in [0.15, 0.2) is 5.78 Å². The van der Waals surface area contributed by atoms with E-state index in [0.717, 1.165) is 29.1 Å². The molecule has 1 heterocycles. The molecule has 0 saturated heterocycles. The fourth-order valence-electron chi connectivity index (χ4n) is 4.50. The maximum atomic E-state index is 13.2. The molecule has 1 aromatic rings. The standard InChI is InChI=1S/C24H32N2O3/c1-7-17-22(23(28)29-8-2)20(15-9-11-16(12-10-15)26(5)6)21-18(25-17)13-24(3,4)14-19(21)27/h9-12,20,22H,7-8,13-14H2,1-6H3/t20-,22?/m1/s1. The maximum absolute atomic E-state index is 13.2. The molecule has 1 aliphatic carbocycles. The number of rotatable bonds is 5. The second-order valence-electron chi connectivity index (χ2n) is 8.95. The van der Waals surface area contributed by atoms with Crippen molar-refractivity contribution in [2.24, 2.45) is 16.3 Å². The Bertz CT molecular complexity index is 863. The number of benzene rings is 1. The zero-order chi connectivity index (χ0) is 21.3. The van der Waals surface area contributed by atoms with E-state index in [0.29, 0.717) is 25.0 Å². The van der Waals surface area contributed by atoms with Crippen LogP contribution in [0.4, 0.5) is 5.69 Å². The number of ether oxygens (including phenoxy) is 1. The predicted molar refractivity (Wildman–Crippen MR) is 116 cm³/mol. The van der Waals surface area contributed by atoms with Gasteiger partial charge in [-0.05, 0) is 42.9 Å². The average molecular weight is 397 g/mol. The van der Waals surface area contributed by atoms with Crippen LogP contribution in [0.15, 0.2) is 40.5 Å². The Labute approximate surface area is 173 Å². The van der Waals surface area contributed by atoms with E-state index >= 15 is 0 Å². The van der Waals surface area contributed by atoms with Crippen molar-refractivity contribution in [3.05, 3.63) is 41.1 Å². The van der Waals surface area contributed by atoms with E-state index in [9.17, 15) is 9.59 Å². The molecule has 2 aliphatic rings. The van der Waals surface area contributed by atoms with Crippen LogP contribution in [0.5, 0.6) is 0 Å². The lowest BCUT2D eigenvalue weighted by molar-refractivity contribution is -0.146. The molecule has 0 fully saturated rings. The Hall–Kier alpha value is -2.43. The lowest BCUT2D eigenvalue weighted by Crippen LogP contribution is -2.40. The van der Waals surface area contributed by atoms with Crippen molar-refractivity contribution in [1.82, 2.24) is 0 Å². The Balaban J connectivity index is 2.17. The first kappa shape index (κ1) is 21.3. The van der Waals surface area contributed by atoms with Crippen LogP contribution < -0.4 is 4.90 Å². The number of Topliss-reactive ketones (excluding diaryl/α,β-unsaturated/α-hetero) is 1. The SMILES string of the molecule is CCOC(=O)C1C(CC)=NC2=C(C(=O)CC(C)(C)C2)[C@H]1c1ccc(N(C)C)cc1. The zero-order valence-electron chi connectivity index (χ0n) is 18.4. The summed E-state index contributed by atoms with van der Waals surface area (Å²) in [5, 5.41) is 0. The van der Waals surface area contributed by atoms with Crippen molar-refractivity contribution < 1.29 is 14.3 Å². The summed E-state index contributed by atoms with van der Waals surface area (Å²) in [7, 11) is 3.98. The van der Waals surface area contributed by atoms with Gasteiger partial charge in [0.25, 0.3) is 0 Å². The number of carbonyl (C=O) groups is 2. The van der Waals surface area contributed by atoms with Crippen LogP contribution in [-0.4, -0.2) is 38.2 Å². The number of ketones is 1. The summed E-state index contributed by atoms with van der Waals surface area (Å²) >= 11 is 0. The summed E-state index contributed by atoms with van der Waals surface area (Å²) in [5.41, 5.74) is 4.30. The molecule has 0 amide bonds. The molecule has 1 unspecified atom stereocenters. The topological polar surface area (TPSA) is 59.0 Å². The molecule has 0 N–H and O–H groups in total. The van der Waals surface area contributed by atoms with E-state index in [4.69, 9.17) is 9.73 Å². The van der Waals surface area contributed by atoms with Gasteiger partial charge in [-0.25, -0.2) is 0 Å². The van der Waals surface area contributed by atoms with Crippen LogP contribution in [-0.2, 0) is 14.3 Å². The molecule has 2 atom stereocenters. The predicted octanol–water partition coefficient (Wildman–Crippen LogP) is 4.52. The Kier molecular flexibility index (Phi) is 5.97. The minimum absolute atomic E-state index is 0.103. The summed E-state index contributed by atoms with van der Waals surface area (Å²) in [4.78, 5) is 33.1. The van der Waals surface area contributed by atoms with Crippen molar-refractivity contribution in [3.8, 4) is 0 Å². The first-order chi connectivity index (χ1) is 13.7. The number of esters is 1. The third kappa shape index (κ3) is 4.14. The Morgan fingerprint density at radius 3 is 2.38 bits per heavy atom. The molecule has 0 bridgehead atoms. The third-order valence-corrected chi connectivity index (χ3v) is 5.85. The number of nitrogens with zero attached hydrogens (tertiary/aromatic N) is 2. The highest BCUT2D eigenvalue weighted by atomic mass is 16.5. The van der Waals surface area contributed by atoms with Crippen molar-refractivity contribution in [2.75, 3.05) is 25.6 Å². The summed E-state index contributed by atoms with van der Waals surface area (Å²) in [6, 6.07) is 8.13. The molecule has 0 aromatic heterocycles. The molecule has 3 rings (SSSR count). The Morgan fingerprint density at radius 1 is 1.17 bits per heavy atom. The van der Waals surface area contributed by atoms with Gasteiger partial charge in [0, 0.05) is 49.1 Å². The molecule has 29 heavy (non-hydrogen) atoms. The smallest absolute Gasteiger partial charge is 0.315 e. The van der Waals surface area contributed by atoms with Gasteiger partial charge in [-0.2, -0.15) is 0 Å². The molecule has 0 spiro atoms. The van der Waals surface area contributed by atoms with E-state index in [1.54, 1.807) is 0 Å². The third-order valence-electron chi connectivity index (χ3n) is 5.85. The molecule has 0 saturated carbocycles. The summed E-state index contributed by atoms with van der Waals surface area (Å²) < 4.78 is 5.42. The minimum atomic E-state index is -0.547. The Morgan fingerprint density at radius 2 is 1.83 bits per heavy atom. The lowest BCUT2D eigenvalue weighted by atomic mass is 9.66. The maximum Gasteiger partial charge on any atom is 0.315 e. The van der Waals surface area contributed by atoms with Crippen molar-refractivity contribution in [2.45, 2.75) is 52.9 Å². The fourth-order valence-corrected chi connectivity index (χ4v) is 4.50. The van der Waals surface area contributed by atoms with E-state index in [2.05, 4.69) is 13.8 Å². The normalized spacial score (nSPS) is 23.4. The first-order valence-corrected chi connectivity index (χ1v) is 10.5. The summed E-state index contributed by atoms with van der Waals surface area (Å²) in [6.45, 7) is 8.34. The molecule has 0 radical (unpaired) electrons. The van der Waals surface area contributed by atoms with Gasteiger partial charge in [0.1, 0.15) is 5.92 Å². The van der Waals surface area contributed by atoms with Gasteiger partial charge >= 0.3 is 5.97 Å². The van der Waals surface area contributed by atoms with E-state index < -0.39 is 5.92 Å². The van der Waals surface area contributed by atoms with Crippen LogP contribution in [0.1, 0.15) is 58.4 Å². The van der Waals surface area contributed by atoms with Crippen molar-refractivity contribution in [3.63, 3.8) is 0 Å². The molecule has 1 aliphatic heterocycles. The second-order valence-corrected chi connectivity index (χ2v) is 8.95. The van der Waals surface area contributed by atoms with E-state index in [-0.39, 0.29) is 23.1 Å². The first-order valence-electron chi connectivity index (χ1n) is 10.5. The van der Waals surface area contributed by atoms with Gasteiger partial charge in [-0.3, -0.25) is 14.6 Å². The van der Waals surface area contributed by atoms with Crippen LogP contribution in [0.25, 0.3) is 0 Å². The van der Waals surface area contributed by atoms with Crippen LogP contribution >= 0.6 is 0 Å². The molecular weight excluding hydrogens is 364 g/mol. The van der Waals surface area contributed by atoms with Gasteiger partial charge in [-0.15, -0.1) is 0 Å². The van der Waals surface area contributed by atoms with Crippen LogP contribution in [0, 0.1) is 11.3 Å². The number of hydrogen-bond donors (Lipinski definition) is 0. The number of aliphatic imine (C=N–C) groups is 1. The highest BCUT2D eigenvalue weighted by Crippen LogP contribution is 2.48. The van der Waals surface area contributed by atoms with Gasteiger partial charge in [-0.1, -0.05) is 32.9 Å². The zero-order valence-corrected chi connectivity index (χ0v) is 18.4. The summed E-state index contributed by atoms with van der Waals surface area (Å²) in [6.07, 6.45) is 1.88.